The Bertz CT molecular complexity index is 1630. The molecule has 3 fully saturated rings. The van der Waals surface area contributed by atoms with Crippen molar-refractivity contribution in [2.75, 3.05) is 19.6 Å². The number of carboxylic acids is 1. The largest absolute Gasteiger partial charge is 0.478 e. The van der Waals surface area contributed by atoms with Crippen LogP contribution in [0.5, 0.6) is 0 Å². The zero-order valence-electron chi connectivity index (χ0n) is 24.1. The maximum absolute atomic E-state index is 14.0. The molecular weight excluding hydrogens is 616 g/mol. The van der Waals surface area contributed by atoms with Gasteiger partial charge in [0.25, 0.3) is 11.8 Å². The summed E-state index contributed by atoms with van der Waals surface area (Å²) < 4.78 is -0.569. The number of thiazole rings is 1. The number of piperazine rings is 1. The molecule has 234 valence electrons. The van der Waals surface area contributed by atoms with E-state index in [1.165, 1.54) is 22.3 Å². The molecule has 0 aliphatic carbocycles. The molecule has 0 spiro atoms. The first-order valence-corrected chi connectivity index (χ1v) is 15.2. The maximum atomic E-state index is 14.0. The van der Waals surface area contributed by atoms with E-state index in [0.29, 0.717) is 15.1 Å². The van der Waals surface area contributed by atoms with Gasteiger partial charge in [-0.15, -0.1) is 23.1 Å². The highest BCUT2D eigenvalue weighted by Crippen LogP contribution is 2.55. The Kier molecular flexibility index (Phi) is 7.58. The predicted octanol–water partition coefficient (Wildman–Crippen LogP) is -1.18. The van der Waals surface area contributed by atoms with Crippen LogP contribution in [0.3, 0.4) is 0 Å². The number of nitrogens with zero attached hydrogens (tertiary/aromatic N) is 4. The minimum absolute atomic E-state index is 0.0889. The molecule has 0 bridgehead atoms. The van der Waals surface area contributed by atoms with E-state index < -0.39 is 63.1 Å². The molecule has 1 unspecified atom stereocenters. The summed E-state index contributed by atoms with van der Waals surface area (Å²) in [6.07, 6.45) is 0.197. The number of aryl methyl sites for hydroxylation is 1. The molecule has 0 radical (unpaired) electrons. The standard InChI is InChI=1S/C26H30N8O8S2/c1-5-32-8-9-33(19(38)18(32)37)23(42)31-25(27,13-6-7-14-15(10-13)43-12(2)29-14)21(39)30-16-17(36)34-20(16)44-24(3,4)26(34,22(40)41)28-11-35/h6-7,10-11,16,20H,5,8-9,27H2,1-4H3,(H,28,35)(H,30,39)(H,31,42)(H,40,41)/t16-,20+,25?,26-/m0/s1. The number of carboxylic acid groups (broad SMARTS) is 1. The normalized spacial score (nSPS) is 25.7. The second kappa shape index (κ2) is 10.7. The number of hydrogen-bond donors (Lipinski definition) is 5. The molecule has 4 atom stereocenters. The van der Waals surface area contributed by atoms with E-state index in [9.17, 15) is 38.7 Å². The average Bonchev–Trinajstić information content (AvgIpc) is 3.44. The lowest BCUT2D eigenvalue weighted by molar-refractivity contribution is -0.175. The number of amides is 7. The number of carbonyl (C=O) groups excluding carboxylic acids is 6. The number of fused-ring (bicyclic) bond motifs is 2. The molecule has 3 saturated heterocycles. The molecule has 3 aliphatic heterocycles. The monoisotopic (exact) mass is 646 g/mol. The lowest BCUT2D eigenvalue weighted by Gasteiger charge is -2.49. The SMILES string of the molecule is CCN1CCN(C(=O)NC(N)(C(=O)N[C@H]2C(=O)N3[C@@H]2SC(C)(C)[C@]3(NC=O)C(=O)O)c2ccc3nc(C)sc3c2)C(=O)C1=O. The molecule has 7 amide bonds. The molecule has 5 rings (SSSR count). The van der Waals surface area contributed by atoms with Crippen molar-refractivity contribution >= 4 is 75.4 Å². The maximum Gasteiger partial charge on any atom is 0.352 e. The van der Waals surface area contributed by atoms with Crippen LogP contribution in [0.1, 0.15) is 31.3 Å². The van der Waals surface area contributed by atoms with E-state index in [2.05, 4.69) is 20.9 Å². The van der Waals surface area contributed by atoms with Crippen LogP contribution in [0.2, 0.25) is 0 Å². The highest BCUT2D eigenvalue weighted by molar-refractivity contribution is 8.01. The van der Waals surface area contributed by atoms with Crippen molar-refractivity contribution in [1.29, 1.82) is 0 Å². The van der Waals surface area contributed by atoms with E-state index in [4.69, 9.17) is 5.73 Å². The number of rotatable bonds is 8. The molecule has 44 heavy (non-hydrogen) atoms. The van der Waals surface area contributed by atoms with Crippen molar-refractivity contribution in [2.24, 2.45) is 5.73 Å². The van der Waals surface area contributed by atoms with E-state index >= 15 is 0 Å². The Balaban J connectivity index is 1.47. The topological polar surface area (TPSA) is 224 Å². The van der Waals surface area contributed by atoms with E-state index in [1.807, 2.05) is 0 Å². The minimum atomic E-state index is -2.36. The number of carbonyl (C=O) groups is 7. The third-order valence-corrected chi connectivity index (χ3v) is 10.6. The van der Waals surface area contributed by atoms with Gasteiger partial charge in [0, 0.05) is 25.2 Å². The fourth-order valence-electron chi connectivity index (χ4n) is 5.71. The number of likely N-dealkylation sites (N-methyl/N-ethyl adjacent to an activating group) is 1. The summed E-state index contributed by atoms with van der Waals surface area (Å²) in [7, 11) is 0. The summed E-state index contributed by atoms with van der Waals surface area (Å²) in [6.45, 7) is 6.79. The predicted molar refractivity (Wildman–Crippen MR) is 157 cm³/mol. The van der Waals surface area contributed by atoms with Gasteiger partial charge in [0.05, 0.1) is 20.0 Å². The van der Waals surface area contributed by atoms with Crippen molar-refractivity contribution in [2.45, 2.75) is 55.2 Å². The first kappa shape index (κ1) is 31.1. The Morgan fingerprint density at radius 1 is 1.20 bits per heavy atom. The second-order valence-electron chi connectivity index (χ2n) is 11.0. The third kappa shape index (κ3) is 4.46. The zero-order chi connectivity index (χ0) is 32.4. The Morgan fingerprint density at radius 3 is 2.55 bits per heavy atom. The molecule has 2 aromatic rings. The number of thioether (sulfide) groups is 1. The van der Waals surface area contributed by atoms with E-state index in [-0.39, 0.29) is 31.6 Å². The van der Waals surface area contributed by atoms with E-state index in [1.54, 1.807) is 39.8 Å². The Labute approximate surface area is 258 Å². The summed E-state index contributed by atoms with van der Waals surface area (Å²) in [5, 5.41) is 17.1. The number of nitrogens with one attached hydrogen (secondary N) is 3. The van der Waals surface area contributed by atoms with Gasteiger partial charge in [-0.1, -0.05) is 6.07 Å². The van der Waals surface area contributed by atoms with Gasteiger partial charge in [-0.3, -0.25) is 39.5 Å². The van der Waals surface area contributed by atoms with Crippen molar-refractivity contribution in [3.8, 4) is 0 Å². The minimum Gasteiger partial charge on any atom is -0.478 e. The molecule has 18 heteroatoms. The number of aliphatic carboxylic acids is 1. The highest BCUT2D eigenvalue weighted by atomic mass is 32.2. The van der Waals surface area contributed by atoms with Crippen LogP contribution in [-0.4, -0.2) is 108 Å². The van der Waals surface area contributed by atoms with Gasteiger partial charge >= 0.3 is 23.8 Å². The van der Waals surface area contributed by atoms with Crippen molar-refractivity contribution in [3.63, 3.8) is 0 Å². The van der Waals surface area contributed by atoms with Crippen LogP contribution in [0.25, 0.3) is 10.2 Å². The summed E-state index contributed by atoms with van der Waals surface area (Å²) in [6, 6.07) is 2.24. The number of aromatic nitrogens is 1. The zero-order valence-corrected chi connectivity index (χ0v) is 25.7. The third-order valence-electron chi connectivity index (χ3n) is 8.10. The van der Waals surface area contributed by atoms with Gasteiger partial charge in [0.1, 0.15) is 11.4 Å². The lowest BCUT2D eigenvalue weighted by Crippen LogP contribution is -2.80. The Hall–Kier alpha value is -4.29. The van der Waals surface area contributed by atoms with Crippen LogP contribution >= 0.6 is 23.1 Å². The smallest absolute Gasteiger partial charge is 0.352 e. The Morgan fingerprint density at radius 2 is 1.91 bits per heavy atom. The van der Waals surface area contributed by atoms with Gasteiger partial charge in [-0.2, -0.15) is 0 Å². The molecule has 1 aromatic heterocycles. The molecule has 16 nitrogen and oxygen atoms in total. The fourth-order valence-corrected chi connectivity index (χ4v) is 8.28. The number of imide groups is 1. The number of β-lactam (4-membered cyclic amide) rings is 1. The summed E-state index contributed by atoms with van der Waals surface area (Å²) >= 11 is 2.37. The molecule has 0 saturated carbocycles. The van der Waals surface area contributed by atoms with Gasteiger partial charge in [0.15, 0.2) is 5.66 Å². The first-order valence-electron chi connectivity index (χ1n) is 13.5. The highest BCUT2D eigenvalue weighted by Gasteiger charge is 2.73. The van der Waals surface area contributed by atoms with Crippen molar-refractivity contribution < 1.29 is 38.7 Å². The van der Waals surface area contributed by atoms with Gasteiger partial charge in [0.2, 0.25) is 12.1 Å². The van der Waals surface area contributed by atoms with E-state index in [0.717, 1.165) is 21.7 Å². The van der Waals surface area contributed by atoms with Crippen LogP contribution < -0.4 is 21.7 Å². The summed E-state index contributed by atoms with van der Waals surface area (Å²) in [5.41, 5.74) is 2.90. The van der Waals surface area contributed by atoms with Crippen LogP contribution in [0.4, 0.5) is 4.79 Å². The number of benzene rings is 1. The van der Waals surface area contributed by atoms with Crippen LogP contribution in [0, 0.1) is 6.92 Å². The van der Waals surface area contributed by atoms with Crippen molar-refractivity contribution in [1.82, 2.24) is 35.6 Å². The average molecular weight is 647 g/mol. The molecule has 1 aromatic carbocycles. The molecule has 4 heterocycles. The number of hydrogen-bond acceptors (Lipinski definition) is 11. The quantitative estimate of drug-likeness (QED) is 0.0993. The van der Waals surface area contributed by atoms with Crippen LogP contribution in [0.15, 0.2) is 18.2 Å². The van der Waals surface area contributed by atoms with Crippen molar-refractivity contribution in [3.05, 3.63) is 28.8 Å². The summed E-state index contributed by atoms with van der Waals surface area (Å²) in [4.78, 5) is 97.0. The molecular formula is C26H30N8O8S2. The first-order chi connectivity index (χ1) is 20.6. The molecule has 6 N–H and O–H groups in total. The number of nitrogens with two attached hydrogens (primary N) is 1. The van der Waals surface area contributed by atoms with Gasteiger partial charge < -0.3 is 26.0 Å². The lowest BCUT2D eigenvalue weighted by atomic mass is 9.88. The number of urea groups is 1. The van der Waals surface area contributed by atoms with Gasteiger partial charge in [-0.25, -0.2) is 14.6 Å². The summed E-state index contributed by atoms with van der Waals surface area (Å²) in [5.74, 6) is -5.26. The fraction of sp³-hybridized carbons (Fsp3) is 0.462. The second-order valence-corrected chi connectivity index (χ2v) is 13.9. The molecule has 3 aliphatic rings. The van der Waals surface area contributed by atoms with Gasteiger partial charge in [-0.05, 0) is 39.8 Å². The van der Waals surface area contributed by atoms with Crippen LogP contribution in [-0.2, 0) is 34.4 Å².